The maximum absolute atomic E-state index is 12.4. The van der Waals surface area contributed by atoms with E-state index in [-0.39, 0.29) is 18.2 Å². The molecule has 0 saturated heterocycles. The number of carbonyl (C=O) groups is 2. The van der Waals surface area contributed by atoms with Gasteiger partial charge in [0.15, 0.2) is 0 Å². The number of hydrogen-bond acceptors (Lipinski definition) is 3. The standard InChI is InChI=1S/C22H25NO3S/c24-21(20(27)18-8-4-5-9-18)23-19(22(25)26)14-15-10-12-17(13-11-15)16-6-2-1-3-7-16/h1-3,6-7,10-13,18-20,27H,4-5,8-9,14H2,(H,23,24)(H,25,26)/t19-,20+/m0/s1. The van der Waals surface area contributed by atoms with E-state index in [1.165, 1.54) is 0 Å². The number of benzene rings is 2. The molecule has 0 radical (unpaired) electrons. The van der Waals surface area contributed by atoms with Gasteiger partial charge >= 0.3 is 5.97 Å². The number of rotatable bonds is 7. The molecule has 2 aromatic carbocycles. The Balaban J connectivity index is 1.64. The van der Waals surface area contributed by atoms with Gasteiger partial charge in [0.25, 0.3) is 0 Å². The predicted octanol–water partition coefficient (Wildman–Crippen LogP) is 3.95. The van der Waals surface area contributed by atoms with Gasteiger partial charge in [-0.3, -0.25) is 4.79 Å². The van der Waals surface area contributed by atoms with Gasteiger partial charge in [0.05, 0.1) is 5.25 Å². The Bertz CT molecular complexity index is 770. The summed E-state index contributed by atoms with van der Waals surface area (Å²) in [6, 6.07) is 16.8. The van der Waals surface area contributed by atoms with E-state index >= 15 is 0 Å². The maximum Gasteiger partial charge on any atom is 0.326 e. The average Bonchev–Trinajstić information content (AvgIpc) is 3.22. The number of carbonyl (C=O) groups excluding carboxylic acids is 1. The molecule has 1 fully saturated rings. The summed E-state index contributed by atoms with van der Waals surface area (Å²) in [6.07, 6.45) is 4.46. The molecular formula is C22H25NO3S. The SMILES string of the molecule is O=C(O)[C@H](Cc1ccc(-c2ccccc2)cc1)NC(=O)[C@H](S)C1CCCC1. The number of thiol groups is 1. The Morgan fingerprint density at radius 3 is 2.19 bits per heavy atom. The summed E-state index contributed by atoms with van der Waals surface area (Å²) in [5.74, 6) is -1.06. The highest BCUT2D eigenvalue weighted by Crippen LogP contribution is 2.30. The van der Waals surface area contributed by atoms with Crippen molar-refractivity contribution in [3.05, 3.63) is 60.2 Å². The lowest BCUT2D eigenvalue weighted by Crippen LogP contribution is -2.46. The molecule has 1 amide bonds. The molecule has 0 aromatic heterocycles. The molecule has 2 atom stereocenters. The number of amides is 1. The lowest BCUT2D eigenvalue weighted by atomic mass is 9.99. The fourth-order valence-electron chi connectivity index (χ4n) is 3.64. The summed E-state index contributed by atoms with van der Waals surface area (Å²) in [5.41, 5.74) is 3.06. The Hall–Kier alpha value is -2.27. The van der Waals surface area contributed by atoms with E-state index < -0.39 is 17.3 Å². The van der Waals surface area contributed by atoms with Crippen LogP contribution in [0.1, 0.15) is 31.2 Å². The van der Waals surface area contributed by atoms with Crippen LogP contribution in [0.5, 0.6) is 0 Å². The lowest BCUT2D eigenvalue weighted by Gasteiger charge is -2.21. The molecule has 0 spiro atoms. The van der Waals surface area contributed by atoms with Gasteiger partial charge in [0.1, 0.15) is 6.04 Å². The normalized spacial score (nSPS) is 16.6. The Morgan fingerprint density at radius 1 is 1.00 bits per heavy atom. The first-order valence-corrected chi connectivity index (χ1v) is 9.92. The largest absolute Gasteiger partial charge is 0.480 e. The summed E-state index contributed by atoms with van der Waals surface area (Å²) in [4.78, 5) is 24.1. The smallest absolute Gasteiger partial charge is 0.326 e. The third-order valence-corrected chi connectivity index (χ3v) is 5.89. The van der Waals surface area contributed by atoms with E-state index in [4.69, 9.17) is 0 Å². The van der Waals surface area contributed by atoms with Crippen molar-refractivity contribution >= 4 is 24.5 Å². The molecule has 4 nitrogen and oxygen atoms in total. The van der Waals surface area contributed by atoms with E-state index in [0.29, 0.717) is 0 Å². The molecule has 27 heavy (non-hydrogen) atoms. The summed E-state index contributed by atoms with van der Waals surface area (Å²) in [7, 11) is 0. The van der Waals surface area contributed by atoms with E-state index in [1.54, 1.807) is 0 Å². The van der Waals surface area contributed by atoms with Crippen LogP contribution >= 0.6 is 12.6 Å². The van der Waals surface area contributed by atoms with E-state index in [2.05, 4.69) is 17.9 Å². The monoisotopic (exact) mass is 383 g/mol. The molecule has 2 aromatic rings. The second-order valence-corrected chi connectivity index (χ2v) is 7.71. The molecule has 0 aliphatic heterocycles. The summed E-state index contributed by atoms with van der Waals surface area (Å²) >= 11 is 4.44. The Labute approximate surface area is 165 Å². The number of carboxylic acids is 1. The summed E-state index contributed by atoms with van der Waals surface area (Å²) in [6.45, 7) is 0. The minimum Gasteiger partial charge on any atom is -0.480 e. The second kappa shape index (κ2) is 9.09. The van der Waals surface area contributed by atoms with Crippen molar-refractivity contribution in [1.82, 2.24) is 5.32 Å². The quantitative estimate of drug-likeness (QED) is 0.634. The van der Waals surface area contributed by atoms with Crippen molar-refractivity contribution < 1.29 is 14.7 Å². The fraction of sp³-hybridized carbons (Fsp3) is 0.364. The molecule has 142 valence electrons. The Kier molecular flexibility index (Phi) is 6.56. The third-order valence-electron chi connectivity index (χ3n) is 5.23. The minimum atomic E-state index is -1.03. The number of nitrogens with one attached hydrogen (secondary N) is 1. The van der Waals surface area contributed by atoms with Gasteiger partial charge in [-0.15, -0.1) is 0 Å². The zero-order valence-electron chi connectivity index (χ0n) is 15.2. The molecular weight excluding hydrogens is 358 g/mol. The zero-order valence-corrected chi connectivity index (χ0v) is 16.1. The molecule has 3 rings (SSSR count). The molecule has 5 heteroatoms. The van der Waals surface area contributed by atoms with Crippen LogP contribution in [-0.4, -0.2) is 28.3 Å². The molecule has 0 unspecified atom stereocenters. The van der Waals surface area contributed by atoms with Gasteiger partial charge in [0, 0.05) is 6.42 Å². The van der Waals surface area contributed by atoms with Crippen LogP contribution in [0.15, 0.2) is 54.6 Å². The molecule has 2 N–H and O–H groups in total. The van der Waals surface area contributed by atoms with Crippen molar-refractivity contribution in [2.24, 2.45) is 5.92 Å². The minimum absolute atomic E-state index is 0.243. The maximum atomic E-state index is 12.4. The van der Waals surface area contributed by atoms with Crippen LogP contribution in [-0.2, 0) is 16.0 Å². The van der Waals surface area contributed by atoms with Gasteiger partial charge in [-0.2, -0.15) is 12.6 Å². The predicted molar refractivity (Wildman–Crippen MR) is 110 cm³/mol. The fourth-order valence-corrected chi connectivity index (χ4v) is 4.02. The van der Waals surface area contributed by atoms with Crippen LogP contribution < -0.4 is 5.32 Å². The van der Waals surface area contributed by atoms with Crippen molar-refractivity contribution in [2.75, 3.05) is 0 Å². The summed E-state index contributed by atoms with van der Waals surface area (Å²) in [5, 5.41) is 11.8. The lowest BCUT2D eigenvalue weighted by molar-refractivity contribution is -0.141. The first-order valence-electron chi connectivity index (χ1n) is 9.40. The number of hydrogen-bond donors (Lipinski definition) is 3. The van der Waals surface area contributed by atoms with Crippen LogP contribution in [0.25, 0.3) is 11.1 Å². The highest BCUT2D eigenvalue weighted by atomic mass is 32.1. The van der Waals surface area contributed by atoms with Gasteiger partial charge in [0.2, 0.25) is 5.91 Å². The number of aliphatic carboxylic acids is 1. The van der Waals surface area contributed by atoms with E-state index in [0.717, 1.165) is 42.4 Å². The summed E-state index contributed by atoms with van der Waals surface area (Å²) < 4.78 is 0. The average molecular weight is 384 g/mol. The molecule has 1 aliphatic rings. The second-order valence-electron chi connectivity index (χ2n) is 7.16. The first-order chi connectivity index (χ1) is 13.0. The highest BCUT2D eigenvalue weighted by Gasteiger charge is 2.30. The highest BCUT2D eigenvalue weighted by molar-refractivity contribution is 7.81. The molecule has 0 bridgehead atoms. The Morgan fingerprint density at radius 2 is 1.59 bits per heavy atom. The van der Waals surface area contributed by atoms with Gasteiger partial charge < -0.3 is 10.4 Å². The van der Waals surface area contributed by atoms with Crippen molar-refractivity contribution in [3.8, 4) is 11.1 Å². The third kappa shape index (κ3) is 5.13. The van der Waals surface area contributed by atoms with E-state index in [9.17, 15) is 14.7 Å². The first kappa shape index (κ1) is 19.5. The van der Waals surface area contributed by atoms with Crippen molar-refractivity contribution in [2.45, 2.75) is 43.4 Å². The van der Waals surface area contributed by atoms with Gasteiger partial charge in [-0.05, 0) is 35.4 Å². The molecule has 1 aliphatic carbocycles. The van der Waals surface area contributed by atoms with Crippen LogP contribution in [0.4, 0.5) is 0 Å². The van der Waals surface area contributed by atoms with E-state index in [1.807, 2.05) is 54.6 Å². The van der Waals surface area contributed by atoms with Gasteiger partial charge in [-0.1, -0.05) is 67.4 Å². The topological polar surface area (TPSA) is 66.4 Å². The van der Waals surface area contributed by atoms with Crippen molar-refractivity contribution in [3.63, 3.8) is 0 Å². The van der Waals surface area contributed by atoms with Crippen LogP contribution in [0, 0.1) is 5.92 Å². The molecule has 0 heterocycles. The molecule has 1 saturated carbocycles. The zero-order chi connectivity index (χ0) is 19.2. The van der Waals surface area contributed by atoms with Crippen LogP contribution in [0.3, 0.4) is 0 Å². The van der Waals surface area contributed by atoms with Crippen molar-refractivity contribution in [1.29, 1.82) is 0 Å². The van der Waals surface area contributed by atoms with Crippen LogP contribution in [0.2, 0.25) is 0 Å². The number of carboxylic acid groups (broad SMARTS) is 1. The van der Waals surface area contributed by atoms with Gasteiger partial charge in [-0.25, -0.2) is 4.79 Å².